The molecule has 0 saturated carbocycles. The minimum atomic E-state index is 0.150. The van der Waals surface area contributed by atoms with E-state index in [0.29, 0.717) is 11.5 Å². The van der Waals surface area contributed by atoms with E-state index in [0.717, 1.165) is 11.6 Å². The van der Waals surface area contributed by atoms with Crippen molar-refractivity contribution in [2.75, 3.05) is 11.5 Å². The van der Waals surface area contributed by atoms with Gasteiger partial charge in [-0.1, -0.05) is 12.2 Å². The minimum absolute atomic E-state index is 0.150. The standard InChI is InChI=1S/C9H10O2S5/c1-5(10)3-13-7-8(14-4-6(2)11)16-9(12)15-7/h3-4H2,1-2H3. The number of thioether (sulfide) groups is 2. The van der Waals surface area contributed by atoms with Crippen molar-refractivity contribution in [3.63, 3.8) is 0 Å². The van der Waals surface area contributed by atoms with Crippen LogP contribution in [0.1, 0.15) is 13.8 Å². The smallest absolute Gasteiger partial charge is 0.145 e. The summed E-state index contributed by atoms with van der Waals surface area (Å²) in [6.07, 6.45) is 0. The number of hydrogen-bond acceptors (Lipinski definition) is 7. The van der Waals surface area contributed by atoms with Gasteiger partial charge in [0, 0.05) is 0 Å². The molecule has 1 heterocycles. The van der Waals surface area contributed by atoms with Crippen molar-refractivity contribution in [1.82, 2.24) is 0 Å². The average molecular weight is 311 g/mol. The predicted molar refractivity (Wildman–Crippen MR) is 75.8 cm³/mol. The summed E-state index contributed by atoms with van der Waals surface area (Å²) in [5.41, 5.74) is 0. The van der Waals surface area contributed by atoms with E-state index >= 15 is 0 Å². The highest BCUT2D eigenvalue weighted by Gasteiger charge is 2.10. The number of carbonyl (C=O) groups is 2. The van der Waals surface area contributed by atoms with E-state index in [2.05, 4.69) is 0 Å². The largest absolute Gasteiger partial charge is 0.299 e. The predicted octanol–water partition coefficient (Wildman–Crippen LogP) is 3.90. The van der Waals surface area contributed by atoms with Crippen LogP contribution in [0.5, 0.6) is 0 Å². The molecular formula is C9H10O2S5. The van der Waals surface area contributed by atoms with E-state index in [1.165, 1.54) is 46.2 Å². The summed E-state index contributed by atoms with van der Waals surface area (Å²) in [7, 11) is 0. The van der Waals surface area contributed by atoms with Crippen LogP contribution in [0.15, 0.2) is 8.42 Å². The SMILES string of the molecule is CC(=O)CSc1sc(=S)sc1SCC(C)=O. The van der Waals surface area contributed by atoms with Crippen molar-refractivity contribution in [1.29, 1.82) is 0 Å². The van der Waals surface area contributed by atoms with Crippen molar-refractivity contribution < 1.29 is 9.59 Å². The summed E-state index contributed by atoms with van der Waals surface area (Å²) in [6, 6.07) is 0. The molecule has 0 fully saturated rings. The molecular weight excluding hydrogens is 300 g/mol. The lowest BCUT2D eigenvalue weighted by molar-refractivity contribution is -0.115. The van der Waals surface area contributed by atoms with Gasteiger partial charge < -0.3 is 0 Å². The Morgan fingerprint density at radius 2 is 1.44 bits per heavy atom. The quantitative estimate of drug-likeness (QED) is 0.588. The molecule has 0 aliphatic heterocycles. The molecule has 2 nitrogen and oxygen atoms in total. The summed E-state index contributed by atoms with van der Waals surface area (Å²) in [4.78, 5) is 21.8. The summed E-state index contributed by atoms with van der Waals surface area (Å²) in [5, 5.41) is 0. The van der Waals surface area contributed by atoms with Crippen molar-refractivity contribution >= 4 is 70.0 Å². The van der Waals surface area contributed by atoms with E-state index in [9.17, 15) is 9.59 Å². The van der Waals surface area contributed by atoms with Crippen molar-refractivity contribution in [3.05, 3.63) is 3.14 Å². The molecule has 0 atom stereocenters. The molecule has 0 spiro atoms. The van der Waals surface area contributed by atoms with Gasteiger partial charge in [0.1, 0.15) is 14.7 Å². The number of rotatable bonds is 6. The van der Waals surface area contributed by atoms with Gasteiger partial charge in [0.25, 0.3) is 0 Å². The maximum absolute atomic E-state index is 10.9. The van der Waals surface area contributed by atoms with Crippen LogP contribution >= 0.6 is 58.4 Å². The van der Waals surface area contributed by atoms with Gasteiger partial charge >= 0.3 is 0 Å². The maximum Gasteiger partial charge on any atom is 0.145 e. The van der Waals surface area contributed by atoms with Crippen molar-refractivity contribution in [3.8, 4) is 0 Å². The van der Waals surface area contributed by atoms with E-state index in [1.807, 2.05) is 0 Å². The zero-order valence-corrected chi connectivity index (χ0v) is 12.9. The van der Waals surface area contributed by atoms with Crippen LogP contribution in [0.25, 0.3) is 0 Å². The first-order valence-corrected chi connectivity index (χ1v) is 8.38. The van der Waals surface area contributed by atoms with E-state index in [-0.39, 0.29) is 11.6 Å². The van der Waals surface area contributed by atoms with Gasteiger partial charge in [-0.3, -0.25) is 9.59 Å². The second-order valence-corrected chi connectivity index (χ2v) is 8.72. The summed E-state index contributed by atoms with van der Waals surface area (Å²) in [6.45, 7) is 3.14. The highest BCUT2D eigenvalue weighted by atomic mass is 32.2. The Labute approximate surface area is 116 Å². The normalized spacial score (nSPS) is 10.4. The van der Waals surface area contributed by atoms with Crippen LogP contribution in [0.3, 0.4) is 0 Å². The Morgan fingerprint density at radius 3 is 1.75 bits per heavy atom. The van der Waals surface area contributed by atoms with Gasteiger partial charge in [-0.2, -0.15) is 0 Å². The number of ketones is 2. The first-order valence-electron chi connectivity index (χ1n) is 4.37. The molecule has 0 saturated heterocycles. The molecule has 1 aromatic heterocycles. The minimum Gasteiger partial charge on any atom is -0.299 e. The molecule has 7 heteroatoms. The van der Waals surface area contributed by atoms with Crippen LogP contribution < -0.4 is 0 Å². The number of hydrogen-bond donors (Lipinski definition) is 0. The molecule has 0 N–H and O–H groups in total. The second-order valence-electron chi connectivity index (χ2n) is 3.01. The topological polar surface area (TPSA) is 34.1 Å². The lowest BCUT2D eigenvalue weighted by Gasteiger charge is -1.99. The monoisotopic (exact) mass is 310 g/mol. The maximum atomic E-state index is 10.9. The lowest BCUT2D eigenvalue weighted by atomic mass is 10.5. The fraction of sp³-hybridized carbons (Fsp3) is 0.444. The summed E-state index contributed by atoms with van der Waals surface area (Å²) >= 11 is 11.2. The third-order valence-electron chi connectivity index (χ3n) is 1.33. The fourth-order valence-electron chi connectivity index (χ4n) is 0.767. The number of Topliss-reactive ketones (excluding diaryl/α,β-unsaturated/α-hetero) is 2. The van der Waals surface area contributed by atoms with Gasteiger partial charge in [-0.15, -0.1) is 46.2 Å². The molecule has 0 aromatic carbocycles. The van der Waals surface area contributed by atoms with Gasteiger partial charge in [0.15, 0.2) is 0 Å². The highest BCUT2D eigenvalue weighted by molar-refractivity contribution is 8.05. The Morgan fingerprint density at radius 1 is 1.06 bits per heavy atom. The molecule has 0 aliphatic carbocycles. The number of carbonyl (C=O) groups excluding carboxylic acids is 2. The second kappa shape index (κ2) is 6.90. The van der Waals surface area contributed by atoms with Crippen LogP contribution in [0.2, 0.25) is 0 Å². The molecule has 0 radical (unpaired) electrons. The zero-order chi connectivity index (χ0) is 12.1. The van der Waals surface area contributed by atoms with Crippen LogP contribution in [0, 0.1) is 3.14 Å². The summed E-state index contributed by atoms with van der Waals surface area (Å²) in [5.74, 6) is 1.24. The van der Waals surface area contributed by atoms with E-state index in [4.69, 9.17) is 12.2 Å². The molecule has 0 bridgehead atoms. The molecule has 1 aromatic rings. The molecule has 88 valence electrons. The highest BCUT2D eigenvalue weighted by Crippen LogP contribution is 2.40. The Bertz CT molecular complexity index is 406. The van der Waals surface area contributed by atoms with Gasteiger partial charge in [-0.05, 0) is 13.8 Å². The first kappa shape index (κ1) is 14.4. The van der Waals surface area contributed by atoms with Gasteiger partial charge in [0.05, 0.1) is 19.9 Å². The molecule has 0 unspecified atom stereocenters. The van der Waals surface area contributed by atoms with Crippen LogP contribution in [-0.4, -0.2) is 23.1 Å². The summed E-state index contributed by atoms with van der Waals surface area (Å²) < 4.78 is 2.98. The van der Waals surface area contributed by atoms with Crippen molar-refractivity contribution in [2.24, 2.45) is 0 Å². The Hall–Kier alpha value is 0.310. The zero-order valence-electron chi connectivity index (χ0n) is 8.77. The van der Waals surface area contributed by atoms with Crippen LogP contribution in [-0.2, 0) is 9.59 Å². The van der Waals surface area contributed by atoms with Gasteiger partial charge in [0.2, 0.25) is 0 Å². The molecule has 0 aliphatic rings. The van der Waals surface area contributed by atoms with Gasteiger partial charge in [-0.25, -0.2) is 0 Å². The molecule has 0 amide bonds. The third kappa shape index (κ3) is 5.09. The van der Waals surface area contributed by atoms with E-state index < -0.39 is 0 Å². The average Bonchev–Trinajstić information content (AvgIpc) is 2.52. The first-order chi connectivity index (χ1) is 7.49. The third-order valence-corrected chi connectivity index (χ3v) is 7.20. The molecule has 1 rings (SSSR count). The van der Waals surface area contributed by atoms with E-state index in [1.54, 1.807) is 13.8 Å². The lowest BCUT2D eigenvalue weighted by Crippen LogP contribution is -1.93. The molecule has 16 heavy (non-hydrogen) atoms. The Kier molecular flexibility index (Phi) is 6.20. The van der Waals surface area contributed by atoms with Crippen LogP contribution in [0.4, 0.5) is 0 Å². The Balaban J connectivity index is 2.70. The fourth-order valence-corrected chi connectivity index (χ4v) is 6.47. The van der Waals surface area contributed by atoms with Crippen molar-refractivity contribution in [2.45, 2.75) is 22.3 Å².